The molecule has 0 spiro atoms. The van der Waals surface area contributed by atoms with Gasteiger partial charge >= 0.3 is 6.16 Å². The highest BCUT2D eigenvalue weighted by Crippen LogP contribution is 2.42. The van der Waals surface area contributed by atoms with Crippen LogP contribution in [0, 0.1) is 13.8 Å². The van der Waals surface area contributed by atoms with E-state index < -0.39 is 16.2 Å². The van der Waals surface area contributed by atoms with Crippen LogP contribution in [0.25, 0.3) is 10.4 Å². The van der Waals surface area contributed by atoms with Crippen LogP contribution < -0.4 is 9.46 Å². The topological polar surface area (TPSA) is 92.7 Å². The molecule has 0 amide bonds. The maximum Gasteiger partial charge on any atom is 0.512 e. The van der Waals surface area contributed by atoms with Gasteiger partial charge in [0.25, 0.3) is 10.0 Å². The largest absolute Gasteiger partial charge is 0.512 e. The van der Waals surface area contributed by atoms with Gasteiger partial charge in [-0.2, -0.15) is 0 Å². The number of nitrogens with one attached hydrogen (secondary N) is 1. The Kier molecular flexibility index (Phi) is 6.09. The quantitative estimate of drug-likeness (QED) is 0.432. The Morgan fingerprint density at radius 2 is 1.72 bits per heavy atom. The Labute approximate surface area is 181 Å². The van der Waals surface area contributed by atoms with Crippen LogP contribution in [-0.2, 0) is 10.0 Å². The molecular formula is C19H15Cl2NO5S2. The number of hydrogen-bond acceptors (Lipinski definition) is 5. The van der Waals surface area contributed by atoms with Crippen LogP contribution in [0.1, 0.15) is 11.1 Å². The molecule has 0 atom stereocenters. The summed E-state index contributed by atoms with van der Waals surface area (Å²) in [5, 5.41) is 9.92. The lowest BCUT2D eigenvalue weighted by molar-refractivity contribution is 0.146. The number of carbonyl (C=O) groups is 1. The second kappa shape index (κ2) is 8.23. The minimum Gasteiger partial charge on any atom is -0.449 e. The molecule has 1 heterocycles. The summed E-state index contributed by atoms with van der Waals surface area (Å²) in [6, 6.07) is 11.4. The van der Waals surface area contributed by atoms with Gasteiger partial charge in [0.2, 0.25) is 5.06 Å². The lowest BCUT2D eigenvalue weighted by Crippen LogP contribution is -2.15. The molecule has 3 aromatic rings. The Morgan fingerprint density at radius 3 is 2.34 bits per heavy atom. The van der Waals surface area contributed by atoms with E-state index in [0.717, 1.165) is 16.9 Å². The smallest absolute Gasteiger partial charge is 0.449 e. The molecule has 0 unspecified atom stereocenters. The molecule has 2 aromatic carbocycles. The monoisotopic (exact) mass is 471 g/mol. The predicted molar refractivity (Wildman–Crippen MR) is 115 cm³/mol. The lowest BCUT2D eigenvalue weighted by atomic mass is 10.2. The second-order valence-corrected chi connectivity index (χ2v) is 9.67. The van der Waals surface area contributed by atoms with Gasteiger partial charge in [0.05, 0.1) is 4.90 Å². The Hall–Kier alpha value is -2.26. The maximum absolute atomic E-state index is 12.9. The van der Waals surface area contributed by atoms with Gasteiger partial charge in [0.15, 0.2) is 0 Å². The molecule has 0 saturated carbocycles. The number of sulfonamides is 1. The van der Waals surface area contributed by atoms with Crippen molar-refractivity contribution in [3.8, 4) is 15.5 Å². The number of anilines is 1. The summed E-state index contributed by atoms with van der Waals surface area (Å²) < 4.78 is 33.1. The molecule has 0 fully saturated rings. The van der Waals surface area contributed by atoms with Crippen LogP contribution >= 0.6 is 34.5 Å². The number of halogens is 2. The van der Waals surface area contributed by atoms with Gasteiger partial charge in [-0.15, -0.1) is 0 Å². The first-order chi connectivity index (χ1) is 13.6. The summed E-state index contributed by atoms with van der Waals surface area (Å²) in [6.07, 6.45) is -1.55. The number of benzene rings is 2. The minimum absolute atomic E-state index is 0.0225. The van der Waals surface area contributed by atoms with Crippen molar-refractivity contribution in [3.63, 3.8) is 0 Å². The highest BCUT2D eigenvalue weighted by Gasteiger charge is 2.23. The molecule has 10 heteroatoms. The third kappa shape index (κ3) is 4.84. The summed E-state index contributed by atoms with van der Waals surface area (Å²) >= 11 is 12.9. The van der Waals surface area contributed by atoms with Crippen LogP contribution in [0.2, 0.25) is 10.0 Å². The molecule has 6 nitrogen and oxygen atoms in total. The van der Waals surface area contributed by atoms with E-state index in [1.54, 1.807) is 44.2 Å². The first-order valence-corrected chi connectivity index (χ1v) is 11.2. The molecule has 1 aromatic heterocycles. The van der Waals surface area contributed by atoms with E-state index in [-0.39, 0.29) is 15.6 Å². The van der Waals surface area contributed by atoms with Crippen LogP contribution in [0.4, 0.5) is 10.5 Å². The van der Waals surface area contributed by atoms with E-state index in [1.165, 1.54) is 12.1 Å². The summed E-state index contributed by atoms with van der Waals surface area (Å²) in [6.45, 7) is 3.32. The zero-order valence-corrected chi connectivity index (χ0v) is 18.3. The number of hydrogen-bond donors (Lipinski definition) is 2. The first-order valence-electron chi connectivity index (χ1n) is 8.17. The number of rotatable bonds is 5. The van der Waals surface area contributed by atoms with E-state index in [1.807, 2.05) is 0 Å². The number of carboxylic acid groups (broad SMARTS) is 1. The molecule has 0 aliphatic heterocycles. The van der Waals surface area contributed by atoms with Crippen molar-refractivity contribution in [2.24, 2.45) is 0 Å². The molecule has 3 rings (SSSR count). The highest BCUT2D eigenvalue weighted by molar-refractivity contribution is 7.92. The molecule has 29 heavy (non-hydrogen) atoms. The van der Waals surface area contributed by atoms with Crippen molar-refractivity contribution < 1.29 is 23.1 Å². The predicted octanol–water partition coefficient (Wildman–Crippen LogP) is 6.20. The molecule has 0 aliphatic carbocycles. The van der Waals surface area contributed by atoms with Crippen LogP contribution in [0.5, 0.6) is 5.06 Å². The van der Waals surface area contributed by atoms with Crippen LogP contribution in [0.15, 0.2) is 47.4 Å². The third-order valence-electron chi connectivity index (χ3n) is 4.00. The number of aryl methyl sites for hydroxylation is 2. The van der Waals surface area contributed by atoms with Crippen molar-refractivity contribution >= 4 is 56.4 Å². The molecule has 0 saturated heterocycles. The van der Waals surface area contributed by atoms with Gasteiger partial charge in [-0.3, -0.25) is 4.72 Å². The summed E-state index contributed by atoms with van der Waals surface area (Å²) in [7, 11) is -4.01. The minimum atomic E-state index is -4.01. The normalized spacial score (nSPS) is 11.3. The number of thiophene rings is 1. The Morgan fingerprint density at radius 1 is 1.07 bits per heavy atom. The molecule has 152 valence electrons. The Bertz CT molecular complexity index is 1190. The Balaban J connectivity index is 2.04. The fraction of sp³-hybridized carbons (Fsp3) is 0.105. The van der Waals surface area contributed by atoms with Crippen molar-refractivity contribution in [1.82, 2.24) is 0 Å². The molecule has 0 radical (unpaired) electrons. The van der Waals surface area contributed by atoms with Gasteiger partial charge in [-0.1, -0.05) is 46.7 Å². The van der Waals surface area contributed by atoms with E-state index >= 15 is 0 Å². The average Bonchev–Trinajstić information content (AvgIpc) is 2.99. The van der Waals surface area contributed by atoms with Crippen molar-refractivity contribution in [3.05, 3.63) is 63.6 Å². The van der Waals surface area contributed by atoms with Gasteiger partial charge < -0.3 is 9.84 Å². The maximum atomic E-state index is 12.9. The standard InChI is InChI=1S/C19H15Cl2NO5S2/c1-10-8-17(11(2)7-14(10)21)29(25,26)22-15-9-16(28-18(15)27-19(23)24)12-3-5-13(20)6-4-12/h3-9,22H,1-2H3,(H,23,24). The lowest BCUT2D eigenvalue weighted by Gasteiger charge is -2.12. The summed E-state index contributed by atoms with van der Waals surface area (Å²) in [4.78, 5) is 11.7. The molecule has 0 aliphatic rings. The fourth-order valence-corrected chi connectivity index (χ4v) is 5.34. The second-order valence-electron chi connectivity index (χ2n) is 6.16. The van der Waals surface area contributed by atoms with Crippen molar-refractivity contribution in [1.29, 1.82) is 0 Å². The van der Waals surface area contributed by atoms with Gasteiger partial charge in [0, 0.05) is 14.9 Å². The van der Waals surface area contributed by atoms with Gasteiger partial charge in [-0.05, 0) is 60.9 Å². The van der Waals surface area contributed by atoms with Crippen LogP contribution in [0.3, 0.4) is 0 Å². The van der Waals surface area contributed by atoms with E-state index in [9.17, 15) is 13.2 Å². The zero-order chi connectivity index (χ0) is 21.3. The SMILES string of the molecule is Cc1cc(S(=O)(=O)Nc2cc(-c3ccc(Cl)cc3)sc2OC(=O)O)c(C)cc1Cl. The molecule has 2 N–H and O–H groups in total. The zero-order valence-electron chi connectivity index (χ0n) is 15.2. The molecular weight excluding hydrogens is 457 g/mol. The van der Waals surface area contributed by atoms with E-state index in [2.05, 4.69) is 4.72 Å². The van der Waals surface area contributed by atoms with Crippen LogP contribution in [-0.4, -0.2) is 19.7 Å². The van der Waals surface area contributed by atoms with Crippen molar-refractivity contribution in [2.45, 2.75) is 18.7 Å². The van der Waals surface area contributed by atoms with Crippen molar-refractivity contribution in [2.75, 3.05) is 4.72 Å². The average molecular weight is 472 g/mol. The third-order valence-corrected chi connectivity index (χ3v) is 7.23. The summed E-state index contributed by atoms with van der Waals surface area (Å²) in [5.74, 6) is 0. The fourth-order valence-electron chi connectivity index (χ4n) is 2.60. The summed E-state index contributed by atoms with van der Waals surface area (Å²) in [5.41, 5.74) is 1.82. The first kappa shape index (κ1) is 21.4. The highest BCUT2D eigenvalue weighted by atomic mass is 35.5. The molecule has 0 bridgehead atoms. The number of ether oxygens (including phenoxy) is 1. The van der Waals surface area contributed by atoms with Gasteiger partial charge in [-0.25, -0.2) is 13.2 Å². The van der Waals surface area contributed by atoms with E-state index in [4.69, 9.17) is 33.0 Å². The van der Waals surface area contributed by atoms with E-state index in [0.29, 0.717) is 26.0 Å². The van der Waals surface area contributed by atoms with Gasteiger partial charge in [0.1, 0.15) is 5.69 Å².